The van der Waals surface area contributed by atoms with Crippen molar-refractivity contribution in [1.29, 1.82) is 0 Å². The molecule has 2 aromatic rings. The molecule has 1 aliphatic rings. The maximum absolute atomic E-state index is 12.3. The number of carbonyl (C=O) groups excluding carboxylic acids is 3. The van der Waals surface area contributed by atoms with Crippen LogP contribution in [0.3, 0.4) is 0 Å². The number of anilines is 2. The standard InChI is InChI=1S/C19H16N4O8/c24-17(20-13-2-1-3-16(9-13)23(29)30)11-31-19(26)12-8-18(25)21(10-12)14-4-6-15(7-5-14)22(27)28/h1-7,9,12H,8,10-11H2,(H,20,24)/t12-/m0/s1. The lowest BCUT2D eigenvalue weighted by molar-refractivity contribution is -0.385. The lowest BCUT2D eigenvalue weighted by Gasteiger charge is -2.16. The smallest absolute Gasteiger partial charge is 0.311 e. The van der Waals surface area contributed by atoms with Crippen molar-refractivity contribution in [3.63, 3.8) is 0 Å². The van der Waals surface area contributed by atoms with Gasteiger partial charge >= 0.3 is 5.97 Å². The van der Waals surface area contributed by atoms with Crippen LogP contribution in [0.15, 0.2) is 48.5 Å². The van der Waals surface area contributed by atoms with Crippen LogP contribution >= 0.6 is 0 Å². The Morgan fingerprint density at radius 2 is 1.74 bits per heavy atom. The number of hydrogen-bond donors (Lipinski definition) is 1. The van der Waals surface area contributed by atoms with Crippen LogP contribution < -0.4 is 10.2 Å². The van der Waals surface area contributed by atoms with E-state index in [0.717, 1.165) is 6.07 Å². The number of carbonyl (C=O) groups is 3. The number of non-ortho nitro benzene ring substituents is 2. The van der Waals surface area contributed by atoms with E-state index in [-0.39, 0.29) is 35.9 Å². The molecule has 2 aromatic carbocycles. The second-order valence-electron chi connectivity index (χ2n) is 6.64. The number of rotatable bonds is 7. The van der Waals surface area contributed by atoms with Crippen LogP contribution in [0.5, 0.6) is 0 Å². The van der Waals surface area contributed by atoms with E-state index in [1.54, 1.807) is 0 Å². The Bertz CT molecular complexity index is 1050. The summed E-state index contributed by atoms with van der Waals surface area (Å²) in [6.45, 7) is -0.605. The summed E-state index contributed by atoms with van der Waals surface area (Å²) in [5, 5.41) is 23.9. The normalized spacial score (nSPS) is 15.4. The van der Waals surface area contributed by atoms with Crippen LogP contribution in [0.4, 0.5) is 22.7 Å². The molecule has 12 nitrogen and oxygen atoms in total. The monoisotopic (exact) mass is 428 g/mol. The molecule has 1 fully saturated rings. The van der Waals surface area contributed by atoms with E-state index in [2.05, 4.69) is 5.32 Å². The minimum Gasteiger partial charge on any atom is -0.455 e. The quantitative estimate of drug-likeness (QED) is 0.398. The van der Waals surface area contributed by atoms with Crippen molar-refractivity contribution in [3.05, 3.63) is 68.8 Å². The van der Waals surface area contributed by atoms with Gasteiger partial charge in [-0.15, -0.1) is 0 Å². The van der Waals surface area contributed by atoms with Gasteiger partial charge < -0.3 is 15.0 Å². The minimum atomic E-state index is -0.798. The highest BCUT2D eigenvalue weighted by atomic mass is 16.6. The van der Waals surface area contributed by atoms with Crippen LogP contribution in [0, 0.1) is 26.1 Å². The number of nitro groups is 2. The second-order valence-corrected chi connectivity index (χ2v) is 6.64. The van der Waals surface area contributed by atoms with E-state index < -0.39 is 34.2 Å². The molecular formula is C19H16N4O8. The fraction of sp³-hybridized carbons (Fsp3) is 0.211. The van der Waals surface area contributed by atoms with Gasteiger partial charge in [0.25, 0.3) is 17.3 Å². The molecule has 2 amide bonds. The highest BCUT2D eigenvalue weighted by Gasteiger charge is 2.36. The number of hydrogen-bond acceptors (Lipinski definition) is 8. The molecule has 31 heavy (non-hydrogen) atoms. The molecule has 3 rings (SSSR count). The summed E-state index contributed by atoms with van der Waals surface area (Å²) in [5.41, 5.74) is 0.261. The van der Waals surface area contributed by atoms with Gasteiger partial charge in [-0.3, -0.25) is 34.6 Å². The molecule has 1 N–H and O–H groups in total. The zero-order valence-electron chi connectivity index (χ0n) is 15.9. The van der Waals surface area contributed by atoms with Gasteiger partial charge in [0, 0.05) is 48.6 Å². The van der Waals surface area contributed by atoms with Crippen molar-refractivity contribution >= 4 is 40.5 Å². The van der Waals surface area contributed by atoms with Gasteiger partial charge in [0.2, 0.25) is 5.91 Å². The largest absolute Gasteiger partial charge is 0.455 e. The number of nitrogens with zero attached hydrogens (tertiary/aromatic N) is 3. The maximum atomic E-state index is 12.3. The summed E-state index contributed by atoms with van der Waals surface area (Å²) < 4.78 is 4.97. The van der Waals surface area contributed by atoms with Crippen molar-refractivity contribution in [2.45, 2.75) is 6.42 Å². The van der Waals surface area contributed by atoms with E-state index in [4.69, 9.17) is 4.74 Å². The molecule has 160 valence electrons. The summed E-state index contributed by atoms with van der Waals surface area (Å²) in [4.78, 5) is 58.1. The fourth-order valence-electron chi connectivity index (χ4n) is 3.02. The van der Waals surface area contributed by atoms with Gasteiger partial charge in [0.05, 0.1) is 15.8 Å². The minimum absolute atomic E-state index is 0.0158. The highest BCUT2D eigenvalue weighted by molar-refractivity contribution is 6.00. The van der Waals surface area contributed by atoms with Crippen LogP contribution in [-0.2, 0) is 19.1 Å². The lowest BCUT2D eigenvalue weighted by Crippen LogP contribution is -2.28. The SMILES string of the molecule is O=C(COC(=O)[C@H]1CC(=O)N(c2ccc([N+](=O)[O-])cc2)C1)Nc1cccc([N+](=O)[O-])c1. The van der Waals surface area contributed by atoms with E-state index >= 15 is 0 Å². The van der Waals surface area contributed by atoms with Gasteiger partial charge in [-0.2, -0.15) is 0 Å². The first-order chi connectivity index (χ1) is 14.7. The van der Waals surface area contributed by atoms with E-state index in [1.807, 2.05) is 0 Å². The van der Waals surface area contributed by atoms with Crippen LogP contribution in [0.25, 0.3) is 0 Å². The summed E-state index contributed by atoms with van der Waals surface area (Å²) in [6.07, 6.45) is -0.123. The number of nitro benzene ring substituents is 2. The molecule has 0 bridgehead atoms. The third kappa shape index (κ3) is 5.18. The molecule has 0 spiro atoms. The number of esters is 1. The third-order valence-electron chi connectivity index (χ3n) is 4.52. The average molecular weight is 428 g/mol. The van der Waals surface area contributed by atoms with Crippen LogP contribution in [-0.4, -0.2) is 40.8 Å². The Morgan fingerprint density at radius 1 is 1.06 bits per heavy atom. The predicted octanol–water partition coefficient (Wildman–Crippen LogP) is 2.04. The molecular weight excluding hydrogens is 412 g/mol. The molecule has 0 unspecified atom stereocenters. The molecule has 1 heterocycles. The van der Waals surface area contributed by atoms with E-state index in [1.165, 1.54) is 47.4 Å². The van der Waals surface area contributed by atoms with Gasteiger partial charge in [-0.25, -0.2) is 0 Å². The van der Waals surface area contributed by atoms with Gasteiger partial charge in [0.1, 0.15) is 0 Å². The van der Waals surface area contributed by atoms with Crippen LogP contribution in [0.1, 0.15) is 6.42 Å². The topological polar surface area (TPSA) is 162 Å². The first kappa shape index (κ1) is 21.4. The number of nitrogens with one attached hydrogen (secondary N) is 1. The Morgan fingerprint density at radius 3 is 2.39 bits per heavy atom. The lowest BCUT2D eigenvalue weighted by atomic mass is 10.1. The van der Waals surface area contributed by atoms with Gasteiger partial charge in [-0.05, 0) is 18.2 Å². The Labute approximate surface area is 174 Å². The molecule has 0 radical (unpaired) electrons. The molecule has 0 saturated carbocycles. The molecule has 1 aliphatic heterocycles. The number of benzene rings is 2. The van der Waals surface area contributed by atoms with Crippen molar-refractivity contribution in [3.8, 4) is 0 Å². The summed E-state index contributed by atoms with van der Waals surface area (Å²) in [5.74, 6) is -2.58. The highest BCUT2D eigenvalue weighted by Crippen LogP contribution is 2.27. The van der Waals surface area contributed by atoms with E-state index in [9.17, 15) is 34.6 Å². The van der Waals surface area contributed by atoms with Crippen LogP contribution in [0.2, 0.25) is 0 Å². The summed E-state index contributed by atoms with van der Waals surface area (Å²) in [6, 6.07) is 10.6. The second kappa shape index (κ2) is 8.98. The molecule has 0 aromatic heterocycles. The summed E-state index contributed by atoms with van der Waals surface area (Å²) in [7, 11) is 0. The zero-order valence-corrected chi connectivity index (χ0v) is 15.9. The third-order valence-corrected chi connectivity index (χ3v) is 4.52. The van der Waals surface area contributed by atoms with Crippen molar-refractivity contribution in [2.75, 3.05) is 23.4 Å². The fourth-order valence-corrected chi connectivity index (χ4v) is 3.02. The molecule has 12 heteroatoms. The maximum Gasteiger partial charge on any atom is 0.311 e. The van der Waals surface area contributed by atoms with Gasteiger partial charge in [0.15, 0.2) is 6.61 Å². The Kier molecular flexibility index (Phi) is 6.19. The molecule has 1 saturated heterocycles. The number of amides is 2. The van der Waals surface area contributed by atoms with Gasteiger partial charge in [-0.1, -0.05) is 6.07 Å². The van der Waals surface area contributed by atoms with Crippen molar-refractivity contribution < 1.29 is 29.0 Å². The Hall–Kier alpha value is -4.35. The first-order valence-electron chi connectivity index (χ1n) is 9.00. The van der Waals surface area contributed by atoms with Crippen molar-refractivity contribution in [2.24, 2.45) is 5.92 Å². The molecule has 0 aliphatic carbocycles. The number of ether oxygens (including phenoxy) is 1. The molecule has 1 atom stereocenters. The first-order valence-corrected chi connectivity index (χ1v) is 9.00. The van der Waals surface area contributed by atoms with E-state index in [0.29, 0.717) is 5.69 Å². The van der Waals surface area contributed by atoms with Crippen molar-refractivity contribution in [1.82, 2.24) is 0 Å². The zero-order chi connectivity index (χ0) is 22.5. The Balaban J connectivity index is 1.53. The predicted molar refractivity (Wildman–Crippen MR) is 106 cm³/mol. The average Bonchev–Trinajstić information content (AvgIpc) is 3.14. The summed E-state index contributed by atoms with van der Waals surface area (Å²) >= 11 is 0.